The molecule has 0 aliphatic carbocycles. The molecule has 0 saturated carbocycles. The molecule has 0 aliphatic heterocycles. The van der Waals surface area contributed by atoms with Crippen molar-refractivity contribution in [2.45, 2.75) is 13.3 Å². The van der Waals surface area contributed by atoms with Crippen molar-refractivity contribution >= 4 is 25.0 Å². The van der Waals surface area contributed by atoms with Gasteiger partial charge in [-0.1, -0.05) is 19.1 Å². The molecule has 1 aromatic rings. The van der Waals surface area contributed by atoms with E-state index in [-0.39, 0.29) is 5.69 Å². The van der Waals surface area contributed by atoms with E-state index < -0.39 is 4.92 Å². The first-order valence-electron chi connectivity index (χ1n) is 4.57. The molecular weight excluding hydrogens is 226 g/mol. The maximum absolute atomic E-state index is 10.2. The first-order valence-corrected chi connectivity index (χ1v) is 4.57. The maximum atomic E-state index is 10.2. The topological polar surface area (TPSA) is 94.3 Å². The number of carbonyl (C=O) groups excluding carboxylic acids is 3. The van der Waals surface area contributed by atoms with Crippen molar-refractivity contribution in [3.05, 3.63) is 39.9 Å². The van der Waals surface area contributed by atoms with E-state index in [0.29, 0.717) is 18.3 Å². The Labute approximate surface area is 98.4 Å². The summed E-state index contributed by atoms with van der Waals surface area (Å²) in [6, 6.07) is 5.56. The highest BCUT2D eigenvalue weighted by Gasteiger charge is 2.03. The molecule has 0 aromatic heterocycles. The highest BCUT2D eigenvalue weighted by Crippen LogP contribution is 2.10. The summed E-state index contributed by atoms with van der Waals surface area (Å²) in [6.45, 7) is 3.81. The van der Waals surface area contributed by atoms with E-state index in [1.807, 2.05) is 13.7 Å². The fraction of sp³-hybridized carbons (Fsp3) is 0.182. The molecule has 0 atom stereocenters. The van der Waals surface area contributed by atoms with Crippen LogP contribution in [0.3, 0.4) is 0 Å². The van der Waals surface area contributed by atoms with Gasteiger partial charge in [0.25, 0.3) is 5.69 Å². The third-order valence-electron chi connectivity index (χ3n) is 1.38. The van der Waals surface area contributed by atoms with Gasteiger partial charge in [-0.15, -0.1) is 0 Å². The number of hydrogen-bond donors (Lipinski definition) is 0. The van der Waals surface area contributed by atoms with E-state index in [9.17, 15) is 19.7 Å². The van der Waals surface area contributed by atoms with Crippen LogP contribution in [-0.2, 0) is 9.59 Å². The summed E-state index contributed by atoms with van der Waals surface area (Å²) >= 11 is 0. The van der Waals surface area contributed by atoms with Gasteiger partial charge >= 0.3 is 0 Å². The first kappa shape index (κ1) is 17.0. The Bertz CT molecular complexity index is 365. The molecule has 92 valence electrons. The molecule has 1 rings (SSSR count). The molecule has 17 heavy (non-hydrogen) atoms. The molecule has 0 spiro atoms. The van der Waals surface area contributed by atoms with Gasteiger partial charge in [0.1, 0.15) is 19.4 Å². The van der Waals surface area contributed by atoms with Crippen molar-refractivity contribution in [3.8, 4) is 0 Å². The Morgan fingerprint density at radius 3 is 2.24 bits per heavy atom. The largest absolute Gasteiger partial charge is 0.307 e. The van der Waals surface area contributed by atoms with Gasteiger partial charge in [0, 0.05) is 24.1 Å². The normalized spacial score (nSPS) is 7.59. The van der Waals surface area contributed by atoms with Crippen LogP contribution in [0.1, 0.15) is 23.7 Å². The van der Waals surface area contributed by atoms with Crippen LogP contribution in [0.2, 0.25) is 0 Å². The summed E-state index contributed by atoms with van der Waals surface area (Å²) < 4.78 is 0. The van der Waals surface area contributed by atoms with Crippen LogP contribution in [0.15, 0.2) is 24.3 Å². The van der Waals surface area contributed by atoms with Gasteiger partial charge in [-0.25, -0.2) is 0 Å². The number of nitro groups is 1. The molecule has 0 amide bonds. The van der Waals surface area contributed by atoms with Crippen LogP contribution in [0.25, 0.3) is 0 Å². The van der Waals surface area contributed by atoms with Crippen molar-refractivity contribution in [1.29, 1.82) is 0 Å². The van der Waals surface area contributed by atoms with Crippen molar-refractivity contribution in [2.75, 3.05) is 0 Å². The quantitative estimate of drug-likeness (QED) is 0.455. The summed E-state index contributed by atoms with van der Waals surface area (Å²) in [7, 11) is 0. The standard InChI is InChI=1S/C7H5NO3.C3H6O.CH2O/c9-5-6-2-1-3-7(4-6)8(10)11;1-2-3-4;1-2/h1-5H;3H,2H2,1H3;1H2. The van der Waals surface area contributed by atoms with E-state index in [1.54, 1.807) is 0 Å². The van der Waals surface area contributed by atoms with Crippen molar-refractivity contribution < 1.29 is 19.3 Å². The molecule has 0 unspecified atom stereocenters. The zero-order chi connectivity index (χ0) is 13.7. The molecule has 0 N–H and O–H groups in total. The molecule has 0 radical (unpaired) electrons. The average Bonchev–Trinajstić information content (AvgIpc) is 2.41. The minimum absolute atomic E-state index is 0.0606. The lowest BCUT2D eigenvalue weighted by Gasteiger charge is -1.90. The molecule has 0 aliphatic rings. The summed E-state index contributed by atoms with van der Waals surface area (Å²) in [4.78, 5) is 37.0. The number of nitrogens with zero attached hydrogens (tertiary/aromatic N) is 1. The zero-order valence-electron chi connectivity index (χ0n) is 9.37. The van der Waals surface area contributed by atoms with Gasteiger partial charge in [0.15, 0.2) is 0 Å². The lowest BCUT2D eigenvalue weighted by atomic mass is 10.2. The van der Waals surface area contributed by atoms with Crippen LogP contribution >= 0.6 is 0 Å². The fourth-order valence-electron chi connectivity index (χ4n) is 0.712. The first-order chi connectivity index (χ1) is 8.15. The molecule has 0 saturated heterocycles. The number of carbonyl (C=O) groups is 3. The average molecular weight is 239 g/mol. The lowest BCUT2D eigenvalue weighted by molar-refractivity contribution is -0.384. The van der Waals surface area contributed by atoms with Crippen LogP contribution in [0.5, 0.6) is 0 Å². The second-order valence-electron chi connectivity index (χ2n) is 2.54. The van der Waals surface area contributed by atoms with Crippen LogP contribution in [0, 0.1) is 10.1 Å². The van der Waals surface area contributed by atoms with E-state index in [0.717, 1.165) is 6.29 Å². The van der Waals surface area contributed by atoms with Crippen molar-refractivity contribution in [3.63, 3.8) is 0 Å². The third-order valence-corrected chi connectivity index (χ3v) is 1.38. The third kappa shape index (κ3) is 8.61. The SMILES string of the molecule is C=O.CCC=O.O=Cc1cccc([N+](=O)[O-])c1. The Morgan fingerprint density at radius 1 is 1.35 bits per heavy atom. The van der Waals surface area contributed by atoms with Crippen molar-refractivity contribution in [2.24, 2.45) is 0 Å². The maximum Gasteiger partial charge on any atom is 0.270 e. The Morgan fingerprint density at radius 2 is 1.88 bits per heavy atom. The van der Waals surface area contributed by atoms with Gasteiger partial charge in [-0.05, 0) is 0 Å². The number of nitro benzene ring substituents is 1. The number of rotatable bonds is 3. The lowest BCUT2D eigenvalue weighted by Crippen LogP contribution is -1.88. The predicted octanol–water partition coefficient (Wildman–Crippen LogP) is 1.82. The van der Waals surface area contributed by atoms with E-state index in [1.165, 1.54) is 24.3 Å². The highest BCUT2D eigenvalue weighted by atomic mass is 16.6. The molecule has 0 bridgehead atoms. The smallest absolute Gasteiger partial charge is 0.270 e. The van der Waals surface area contributed by atoms with Crippen LogP contribution in [0.4, 0.5) is 5.69 Å². The summed E-state index contributed by atoms with van der Waals surface area (Å²) in [5.74, 6) is 0. The zero-order valence-corrected chi connectivity index (χ0v) is 9.37. The second-order valence-corrected chi connectivity index (χ2v) is 2.54. The minimum atomic E-state index is -0.535. The predicted molar refractivity (Wildman–Crippen MR) is 62.0 cm³/mol. The highest BCUT2D eigenvalue weighted by molar-refractivity contribution is 5.75. The molecule has 6 nitrogen and oxygen atoms in total. The van der Waals surface area contributed by atoms with Crippen LogP contribution in [-0.4, -0.2) is 24.3 Å². The molecule has 1 aromatic carbocycles. The van der Waals surface area contributed by atoms with Gasteiger partial charge in [-0.2, -0.15) is 0 Å². The molecule has 6 heteroatoms. The van der Waals surface area contributed by atoms with Gasteiger partial charge in [0.05, 0.1) is 4.92 Å². The van der Waals surface area contributed by atoms with Gasteiger partial charge in [-0.3, -0.25) is 14.9 Å². The number of non-ortho nitro benzene ring substituents is 1. The summed E-state index contributed by atoms with van der Waals surface area (Å²) in [5, 5.41) is 10.2. The molecule has 0 fully saturated rings. The Kier molecular flexibility index (Phi) is 11.7. The van der Waals surface area contributed by atoms with E-state index >= 15 is 0 Å². The number of hydrogen-bond acceptors (Lipinski definition) is 5. The van der Waals surface area contributed by atoms with E-state index in [4.69, 9.17) is 4.79 Å². The number of benzene rings is 1. The molecule has 0 heterocycles. The Balaban J connectivity index is 0. The van der Waals surface area contributed by atoms with Crippen molar-refractivity contribution in [1.82, 2.24) is 0 Å². The van der Waals surface area contributed by atoms with Crippen LogP contribution < -0.4 is 0 Å². The van der Waals surface area contributed by atoms with Gasteiger partial charge in [0.2, 0.25) is 0 Å². The summed E-state index contributed by atoms with van der Waals surface area (Å²) in [5.41, 5.74) is 0.258. The summed E-state index contributed by atoms with van der Waals surface area (Å²) in [6.07, 6.45) is 2.09. The monoisotopic (exact) mass is 239 g/mol. The number of aldehydes is 2. The minimum Gasteiger partial charge on any atom is -0.307 e. The van der Waals surface area contributed by atoms with E-state index in [2.05, 4.69) is 0 Å². The van der Waals surface area contributed by atoms with Gasteiger partial charge < -0.3 is 9.59 Å². The fourth-order valence-corrected chi connectivity index (χ4v) is 0.712. The molecular formula is C11H13NO5. The second kappa shape index (κ2) is 11.7. The Hall–Kier alpha value is -2.37.